The van der Waals surface area contributed by atoms with E-state index in [2.05, 4.69) is 0 Å². The second-order valence-corrected chi connectivity index (χ2v) is 6.15. The lowest BCUT2D eigenvalue weighted by molar-refractivity contribution is -0.191. The predicted octanol–water partition coefficient (Wildman–Crippen LogP) is 0.243. The maximum absolute atomic E-state index is 11.6. The van der Waals surface area contributed by atoms with Gasteiger partial charge in [0, 0.05) is 0 Å². The summed E-state index contributed by atoms with van der Waals surface area (Å²) in [6.07, 6.45) is -1.65. The molecule has 7 heteroatoms. The Morgan fingerprint density at radius 1 is 1.44 bits per heavy atom. The number of halogens is 1. The fourth-order valence-corrected chi connectivity index (χ4v) is 3.18. The number of aliphatic hydroxyl groups excluding tert-OH is 1. The van der Waals surface area contributed by atoms with E-state index < -0.39 is 21.9 Å². The van der Waals surface area contributed by atoms with Gasteiger partial charge in [0.25, 0.3) is 0 Å². The van der Waals surface area contributed by atoms with Gasteiger partial charge in [-0.1, -0.05) is 22.6 Å². The van der Waals surface area contributed by atoms with Crippen LogP contribution in [0.1, 0.15) is 13.8 Å². The van der Waals surface area contributed by atoms with E-state index in [-0.39, 0.29) is 24.8 Å². The highest BCUT2D eigenvalue weighted by atomic mass is 127. The molecule has 0 unspecified atom stereocenters. The molecule has 2 fully saturated rings. The first kappa shape index (κ1) is 14.4. The number of carbonyl (C=O) groups is 1. The van der Waals surface area contributed by atoms with Gasteiger partial charge in [0.05, 0.1) is 13.7 Å². The predicted molar refractivity (Wildman–Crippen MR) is 69.4 cm³/mol. The fourth-order valence-electron chi connectivity index (χ4n) is 2.34. The van der Waals surface area contributed by atoms with Crippen LogP contribution in [0, 0.1) is 0 Å². The Balaban J connectivity index is 2.16. The van der Waals surface area contributed by atoms with E-state index in [0.717, 1.165) is 0 Å². The van der Waals surface area contributed by atoms with Crippen molar-refractivity contribution in [3.05, 3.63) is 0 Å². The van der Waals surface area contributed by atoms with Crippen LogP contribution in [0.25, 0.3) is 0 Å². The Hall–Kier alpha value is 0.0400. The summed E-state index contributed by atoms with van der Waals surface area (Å²) in [6, 6.07) is 0. The third-order valence-electron chi connectivity index (χ3n) is 3.08. The summed E-state index contributed by atoms with van der Waals surface area (Å²) in [7, 11) is 1.33. The number of hydrogen-bond acceptors (Lipinski definition) is 6. The van der Waals surface area contributed by atoms with Gasteiger partial charge in [0.1, 0.15) is 28.3 Å². The molecule has 6 nitrogen and oxygen atoms in total. The van der Waals surface area contributed by atoms with Crippen LogP contribution in [0.4, 0.5) is 0 Å². The molecule has 2 saturated heterocycles. The third-order valence-corrected chi connectivity index (χ3v) is 4.30. The molecule has 18 heavy (non-hydrogen) atoms. The van der Waals surface area contributed by atoms with E-state index in [0.29, 0.717) is 0 Å². The number of carbonyl (C=O) groups excluding carboxylic acids is 1. The Labute approximate surface area is 119 Å². The van der Waals surface area contributed by atoms with Gasteiger partial charge in [-0.15, -0.1) is 0 Å². The zero-order chi connectivity index (χ0) is 13.5. The molecule has 0 saturated carbocycles. The Bertz CT molecular complexity index is 333. The van der Waals surface area contributed by atoms with Gasteiger partial charge in [-0.05, 0) is 13.8 Å². The molecule has 104 valence electrons. The summed E-state index contributed by atoms with van der Waals surface area (Å²) in [4.78, 5) is 11.6. The van der Waals surface area contributed by atoms with Crippen molar-refractivity contribution >= 4 is 28.6 Å². The minimum atomic E-state index is -0.725. The van der Waals surface area contributed by atoms with E-state index >= 15 is 0 Å². The first-order chi connectivity index (χ1) is 8.39. The largest absolute Gasteiger partial charge is 0.468 e. The van der Waals surface area contributed by atoms with Gasteiger partial charge >= 0.3 is 5.97 Å². The van der Waals surface area contributed by atoms with Crippen LogP contribution in [0.2, 0.25) is 0 Å². The lowest BCUT2D eigenvalue weighted by Gasteiger charge is -2.25. The monoisotopic (exact) mass is 372 g/mol. The highest BCUT2D eigenvalue weighted by molar-refractivity contribution is 14.1. The van der Waals surface area contributed by atoms with E-state index in [9.17, 15) is 9.90 Å². The van der Waals surface area contributed by atoms with Gasteiger partial charge in [0.2, 0.25) is 0 Å². The van der Waals surface area contributed by atoms with E-state index in [1.165, 1.54) is 7.11 Å². The summed E-state index contributed by atoms with van der Waals surface area (Å²) in [5.41, 5.74) is 0. The maximum atomic E-state index is 11.6. The van der Waals surface area contributed by atoms with Crippen LogP contribution in [0.3, 0.4) is 0 Å². The van der Waals surface area contributed by atoms with Crippen LogP contribution < -0.4 is 0 Å². The van der Waals surface area contributed by atoms with Gasteiger partial charge in [0.15, 0.2) is 5.79 Å². The zero-order valence-electron chi connectivity index (χ0n) is 10.5. The molecule has 0 spiro atoms. The van der Waals surface area contributed by atoms with Crippen LogP contribution in [-0.4, -0.2) is 58.9 Å². The average Bonchev–Trinajstić information content (AvgIpc) is 2.80. The minimum absolute atomic E-state index is 0.165. The summed E-state index contributed by atoms with van der Waals surface area (Å²) in [5.74, 6) is -1.09. The number of aliphatic hydroxyl groups is 1. The van der Waals surface area contributed by atoms with E-state index in [1.54, 1.807) is 13.8 Å². The number of rotatable bonds is 3. The first-order valence-electron chi connectivity index (χ1n) is 5.73. The number of ether oxygens (including phenoxy) is 4. The molecule has 0 amide bonds. The molecular weight excluding hydrogens is 355 g/mol. The molecule has 0 bridgehead atoms. The molecule has 0 aromatic rings. The minimum Gasteiger partial charge on any atom is -0.468 e. The van der Waals surface area contributed by atoms with Crippen molar-refractivity contribution in [3.8, 4) is 0 Å². The molecule has 0 aromatic heterocycles. The SMILES string of the molecule is COC(=O)[C@@H](I)[C@@H]1O[C@H](CO)[C@H]2OC(C)(C)O[C@@H]12. The molecule has 0 radical (unpaired) electrons. The second kappa shape index (κ2) is 5.20. The van der Waals surface area contributed by atoms with E-state index in [4.69, 9.17) is 18.9 Å². The molecular formula is C11H17IO6. The molecule has 5 atom stereocenters. The van der Waals surface area contributed by atoms with Gasteiger partial charge in [-0.25, -0.2) is 0 Å². The Morgan fingerprint density at radius 3 is 2.61 bits per heavy atom. The topological polar surface area (TPSA) is 74.2 Å². The molecule has 2 aliphatic heterocycles. The smallest absolute Gasteiger partial charge is 0.321 e. The molecule has 2 rings (SSSR count). The van der Waals surface area contributed by atoms with Crippen molar-refractivity contribution in [1.29, 1.82) is 0 Å². The van der Waals surface area contributed by atoms with Crippen molar-refractivity contribution in [2.24, 2.45) is 0 Å². The van der Waals surface area contributed by atoms with Crippen molar-refractivity contribution in [2.75, 3.05) is 13.7 Å². The lowest BCUT2D eigenvalue weighted by atomic mass is 10.1. The quantitative estimate of drug-likeness (QED) is 0.435. The molecule has 1 N–H and O–H groups in total. The second-order valence-electron chi connectivity index (χ2n) is 4.81. The number of fused-ring (bicyclic) bond motifs is 1. The fraction of sp³-hybridized carbons (Fsp3) is 0.909. The maximum Gasteiger partial charge on any atom is 0.321 e. The lowest BCUT2D eigenvalue weighted by Crippen LogP contribution is -2.40. The molecule has 2 heterocycles. The van der Waals surface area contributed by atoms with Gasteiger partial charge in [-0.2, -0.15) is 0 Å². The highest BCUT2D eigenvalue weighted by Gasteiger charge is 2.57. The number of esters is 1. The summed E-state index contributed by atoms with van der Waals surface area (Å²) < 4.78 is 21.3. The van der Waals surface area contributed by atoms with Crippen LogP contribution in [0.5, 0.6) is 0 Å². The number of hydrogen-bond donors (Lipinski definition) is 1. The van der Waals surface area contributed by atoms with Crippen molar-refractivity contribution in [2.45, 2.75) is 48.0 Å². The van der Waals surface area contributed by atoms with Crippen molar-refractivity contribution in [1.82, 2.24) is 0 Å². The van der Waals surface area contributed by atoms with Crippen molar-refractivity contribution < 1.29 is 28.8 Å². The average molecular weight is 372 g/mol. The number of methoxy groups -OCH3 is 1. The van der Waals surface area contributed by atoms with Crippen LogP contribution in [0.15, 0.2) is 0 Å². The molecule has 2 aliphatic rings. The summed E-state index contributed by atoms with van der Waals surface area (Å²) in [5, 5.41) is 9.30. The van der Waals surface area contributed by atoms with Crippen LogP contribution in [-0.2, 0) is 23.7 Å². The Kier molecular flexibility index (Phi) is 4.17. The summed E-state index contributed by atoms with van der Waals surface area (Å²) >= 11 is 1.97. The van der Waals surface area contributed by atoms with Crippen LogP contribution >= 0.6 is 22.6 Å². The van der Waals surface area contributed by atoms with Gasteiger partial charge in [-0.3, -0.25) is 4.79 Å². The normalized spacial score (nSPS) is 39.4. The van der Waals surface area contributed by atoms with Crippen molar-refractivity contribution in [3.63, 3.8) is 0 Å². The van der Waals surface area contributed by atoms with Gasteiger partial charge < -0.3 is 24.1 Å². The third kappa shape index (κ3) is 2.51. The zero-order valence-corrected chi connectivity index (χ0v) is 12.6. The first-order valence-corrected chi connectivity index (χ1v) is 6.98. The van der Waals surface area contributed by atoms with E-state index in [1.807, 2.05) is 22.6 Å². The molecule has 0 aliphatic carbocycles. The Morgan fingerprint density at radius 2 is 2.06 bits per heavy atom. The standard InChI is InChI=1S/C11H17IO6/c1-11(2)17-7-5(4-13)16-8(9(7)18-11)6(12)10(14)15-3/h5-9,13H,4H2,1-3H3/t5-,6+,7-,8+,9-/m1/s1. The molecule has 0 aromatic carbocycles. The number of alkyl halides is 1. The highest BCUT2D eigenvalue weighted by Crippen LogP contribution is 2.41. The summed E-state index contributed by atoms with van der Waals surface area (Å²) in [6.45, 7) is 3.44.